The zero-order valence-corrected chi connectivity index (χ0v) is 18.3. The number of benzene rings is 2. The quantitative estimate of drug-likeness (QED) is 0.584. The molecule has 1 fully saturated rings. The van der Waals surface area contributed by atoms with Crippen LogP contribution in [0, 0.1) is 5.92 Å². The van der Waals surface area contributed by atoms with Crippen LogP contribution in [-0.2, 0) is 4.79 Å². The van der Waals surface area contributed by atoms with E-state index in [9.17, 15) is 4.79 Å². The van der Waals surface area contributed by atoms with Crippen molar-refractivity contribution in [3.63, 3.8) is 0 Å². The number of nitrogens with one attached hydrogen (secondary N) is 1. The molecule has 1 saturated carbocycles. The SMILES string of the molecule is COc1cc(NC(=O)C2CCCCC2c2nc3ccccc3s2)cc(OC)c1OC. The molecular formula is C23H26N2O4S. The standard InChI is InChI=1S/C23H26N2O4S/c1-27-18-12-14(13-19(28-2)21(18)29-3)24-22(26)15-8-4-5-9-16(15)23-25-17-10-6-7-11-20(17)30-23/h6-7,10-13,15-16H,4-5,8-9H2,1-3H3,(H,24,26). The van der Waals surface area contributed by atoms with Crippen LogP contribution in [0.4, 0.5) is 5.69 Å². The van der Waals surface area contributed by atoms with Gasteiger partial charge in [-0.15, -0.1) is 11.3 Å². The molecule has 7 heteroatoms. The third kappa shape index (κ3) is 3.94. The predicted octanol–water partition coefficient (Wildman–Crippen LogP) is 5.23. The molecule has 0 aliphatic heterocycles. The number of ether oxygens (including phenoxy) is 3. The van der Waals surface area contributed by atoms with Gasteiger partial charge < -0.3 is 19.5 Å². The number of amides is 1. The number of para-hydroxylation sites is 1. The number of methoxy groups -OCH3 is 3. The van der Waals surface area contributed by atoms with Crippen LogP contribution < -0.4 is 19.5 Å². The highest BCUT2D eigenvalue weighted by atomic mass is 32.1. The molecule has 158 valence electrons. The first-order chi connectivity index (χ1) is 14.6. The Hall–Kier alpha value is -2.80. The maximum atomic E-state index is 13.3. The van der Waals surface area contributed by atoms with E-state index in [-0.39, 0.29) is 17.7 Å². The van der Waals surface area contributed by atoms with Gasteiger partial charge in [-0.25, -0.2) is 4.98 Å². The number of carbonyl (C=O) groups excluding carboxylic acids is 1. The van der Waals surface area contributed by atoms with E-state index in [0.29, 0.717) is 22.9 Å². The zero-order valence-electron chi connectivity index (χ0n) is 17.4. The van der Waals surface area contributed by atoms with Gasteiger partial charge in [-0.1, -0.05) is 25.0 Å². The predicted molar refractivity (Wildman–Crippen MR) is 119 cm³/mol. The second kappa shape index (κ2) is 8.92. The number of fused-ring (bicyclic) bond motifs is 1. The Morgan fingerprint density at radius 2 is 1.73 bits per heavy atom. The molecule has 1 amide bonds. The summed E-state index contributed by atoms with van der Waals surface area (Å²) in [5.41, 5.74) is 1.63. The smallest absolute Gasteiger partial charge is 0.228 e. The van der Waals surface area contributed by atoms with E-state index in [0.717, 1.165) is 36.2 Å². The van der Waals surface area contributed by atoms with Gasteiger partial charge in [-0.3, -0.25) is 4.79 Å². The molecule has 0 spiro atoms. The maximum Gasteiger partial charge on any atom is 0.228 e. The molecule has 2 atom stereocenters. The van der Waals surface area contributed by atoms with Crippen molar-refractivity contribution in [1.29, 1.82) is 0 Å². The second-order valence-corrected chi connectivity index (χ2v) is 8.48. The van der Waals surface area contributed by atoms with Crippen LogP contribution in [-0.4, -0.2) is 32.2 Å². The summed E-state index contributed by atoms with van der Waals surface area (Å²) in [6.45, 7) is 0. The lowest BCUT2D eigenvalue weighted by Gasteiger charge is -2.29. The van der Waals surface area contributed by atoms with E-state index < -0.39 is 0 Å². The molecule has 1 aromatic heterocycles. The molecule has 0 saturated heterocycles. The molecular weight excluding hydrogens is 400 g/mol. The lowest BCUT2D eigenvalue weighted by atomic mass is 9.79. The minimum atomic E-state index is -0.113. The van der Waals surface area contributed by atoms with Gasteiger partial charge >= 0.3 is 0 Å². The van der Waals surface area contributed by atoms with Crippen molar-refractivity contribution >= 4 is 33.1 Å². The lowest BCUT2D eigenvalue weighted by Crippen LogP contribution is -2.30. The molecule has 0 bridgehead atoms. The number of hydrogen-bond donors (Lipinski definition) is 1. The molecule has 6 nitrogen and oxygen atoms in total. The van der Waals surface area contributed by atoms with Crippen molar-refractivity contribution in [2.75, 3.05) is 26.6 Å². The molecule has 2 unspecified atom stereocenters. The number of thiazole rings is 1. The average molecular weight is 427 g/mol. The van der Waals surface area contributed by atoms with Gasteiger partial charge in [0.2, 0.25) is 11.7 Å². The molecule has 1 aliphatic rings. The normalized spacial score (nSPS) is 18.8. The van der Waals surface area contributed by atoms with Gasteiger partial charge in [-0.2, -0.15) is 0 Å². The second-order valence-electron chi connectivity index (χ2n) is 7.42. The minimum absolute atomic E-state index is 0.00762. The van der Waals surface area contributed by atoms with E-state index in [2.05, 4.69) is 11.4 Å². The fourth-order valence-electron chi connectivity index (χ4n) is 4.18. The molecule has 30 heavy (non-hydrogen) atoms. The first-order valence-corrected chi connectivity index (χ1v) is 10.9. The number of hydrogen-bond acceptors (Lipinski definition) is 6. The fourth-order valence-corrected chi connectivity index (χ4v) is 5.34. The van der Waals surface area contributed by atoms with E-state index >= 15 is 0 Å². The van der Waals surface area contributed by atoms with Crippen LogP contribution in [0.2, 0.25) is 0 Å². The third-order valence-corrected chi connectivity index (χ3v) is 6.83. The monoisotopic (exact) mass is 426 g/mol. The Morgan fingerprint density at radius 3 is 2.40 bits per heavy atom. The summed E-state index contributed by atoms with van der Waals surface area (Å²) in [5.74, 6) is 1.56. The van der Waals surface area contributed by atoms with Crippen LogP contribution in [0.15, 0.2) is 36.4 Å². The topological polar surface area (TPSA) is 69.7 Å². The van der Waals surface area contributed by atoms with E-state index in [1.807, 2.05) is 18.2 Å². The summed E-state index contributed by atoms with van der Waals surface area (Å²) in [6.07, 6.45) is 4.01. The Morgan fingerprint density at radius 1 is 1.03 bits per heavy atom. The lowest BCUT2D eigenvalue weighted by molar-refractivity contribution is -0.121. The Balaban J connectivity index is 1.59. The van der Waals surface area contributed by atoms with Crippen LogP contribution in [0.5, 0.6) is 17.2 Å². The highest BCUT2D eigenvalue weighted by Gasteiger charge is 2.34. The van der Waals surface area contributed by atoms with Gasteiger partial charge in [0.15, 0.2) is 11.5 Å². The van der Waals surface area contributed by atoms with Crippen molar-refractivity contribution in [2.24, 2.45) is 5.92 Å². The van der Waals surface area contributed by atoms with Gasteiger partial charge in [0.1, 0.15) is 0 Å². The van der Waals surface area contributed by atoms with Crippen molar-refractivity contribution in [1.82, 2.24) is 4.98 Å². The largest absolute Gasteiger partial charge is 0.493 e. The van der Waals surface area contributed by atoms with Crippen LogP contribution in [0.1, 0.15) is 36.6 Å². The average Bonchev–Trinajstić information content (AvgIpc) is 3.22. The van der Waals surface area contributed by atoms with Gasteiger partial charge in [-0.05, 0) is 25.0 Å². The summed E-state index contributed by atoms with van der Waals surface area (Å²) in [7, 11) is 4.68. The molecule has 2 aromatic carbocycles. The highest BCUT2D eigenvalue weighted by Crippen LogP contribution is 2.43. The number of anilines is 1. The van der Waals surface area contributed by atoms with E-state index in [1.54, 1.807) is 44.8 Å². The highest BCUT2D eigenvalue weighted by molar-refractivity contribution is 7.18. The Bertz CT molecular complexity index is 991. The summed E-state index contributed by atoms with van der Waals surface area (Å²) >= 11 is 1.70. The third-order valence-electron chi connectivity index (χ3n) is 5.66. The molecule has 1 heterocycles. The molecule has 4 rings (SSSR count). The van der Waals surface area contributed by atoms with E-state index in [1.165, 1.54) is 4.70 Å². The molecule has 1 N–H and O–H groups in total. The van der Waals surface area contributed by atoms with Crippen molar-refractivity contribution in [2.45, 2.75) is 31.6 Å². The maximum absolute atomic E-state index is 13.3. The van der Waals surface area contributed by atoms with Crippen LogP contribution >= 0.6 is 11.3 Å². The van der Waals surface area contributed by atoms with Crippen molar-refractivity contribution < 1.29 is 19.0 Å². The first-order valence-electron chi connectivity index (χ1n) is 10.1. The number of nitrogens with zero attached hydrogens (tertiary/aromatic N) is 1. The Labute approximate surface area is 180 Å². The van der Waals surface area contributed by atoms with Crippen LogP contribution in [0.3, 0.4) is 0 Å². The van der Waals surface area contributed by atoms with Crippen molar-refractivity contribution in [3.8, 4) is 17.2 Å². The van der Waals surface area contributed by atoms with Gasteiger partial charge in [0, 0.05) is 29.7 Å². The number of carbonyl (C=O) groups is 1. The van der Waals surface area contributed by atoms with Crippen LogP contribution in [0.25, 0.3) is 10.2 Å². The minimum Gasteiger partial charge on any atom is -0.493 e. The molecule has 0 radical (unpaired) electrons. The molecule has 1 aliphatic carbocycles. The summed E-state index contributed by atoms with van der Waals surface area (Å²) < 4.78 is 17.3. The first kappa shape index (κ1) is 20.5. The molecule has 3 aromatic rings. The van der Waals surface area contributed by atoms with Crippen molar-refractivity contribution in [3.05, 3.63) is 41.4 Å². The summed E-state index contributed by atoms with van der Waals surface area (Å²) in [5, 5.41) is 4.12. The number of aromatic nitrogens is 1. The fraction of sp³-hybridized carbons (Fsp3) is 0.391. The Kier molecular flexibility index (Phi) is 6.08. The summed E-state index contributed by atoms with van der Waals surface area (Å²) in [6, 6.07) is 11.7. The zero-order chi connectivity index (χ0) is 21.1. The summed E-state index contributed by atoms with van der Waals surface area (Å²) in [4.78, 5) is 18.1. The van der Waals surface area contributed by atoms with E-state index in [4.69, 9.17) is 19.2 Å². The number of rotatable bonds is 6. The van der Waals surface area contributed by atoms with Gasteiger partial charge in [0.25, 0.3) is 0 Å². The van der Waals surface area contributed by atoms with Gasteiger partial charge in [0.05, 0.1) is 36.6 Å².